The molecule has 0 heterocycles. The molecule has 0 radical (unpaired) electrons. The third-order valence-electron chi connectivity index (χ3n) is 4.17. The number of anilines is 1. The first-order chi connectivity index (χ1) is 10.0. The van der Waals surface area contributed by atoms with Crippen LogP contribution in [0.25, 0.3) is 0 Å². The van der Waals surface area contributed by atoms with E-state index in [0.29, 0.717) is 6.42 Å². The average molecular weight is 288 g/mol. The summed E-state index contributed by atoms with van der Waals surface area (Å²) in [4.78, 5) is 14.2. The minimum Gasteiger partial charge on any atom is -0.326 e. The van der Waals surface area contributed by atoms with Gasteiger partial charge in [-0.2, -0.15) is 0 Å². The first kappa shape index (κ1) is 16.0. The highest BCUT2D eigenvalue weighted by molar-refractivity contribution is 5.90. The van der Waals surface area contributed by atoms with Gasteiger partial charge in [0.05, 0.1) is 0 Å². The van der Waals surface area contributed by atoms with Crippen molar-refractivity contribution < 1.29 is 4.79 Å². The van der Waals surface area contributed by atoms with Gasteiger partial charge in [-0.1, -0.05) is 31.7 Å². The van der Waals surface area contributed by atoms with Gasteiger partial charge in [0.15, 0.2) is 0 Å². The fraction of sp³-hybridized carbons (Fsp3) is 0.611. The lowest BCUT2D eigenvalue weighted by molar-refractivity contribution is -0.116. The summed E-state index contributed by atoms with van der Waals surface area (Å²) in [6.45, 7) is 2.97. The number of carbonyl (C=O) groups excluding carboxylic acids is 1. The molecule has 1 aromatic carbocycles. The highest BCUT2D eigenvalue weighted by atomic mass is 16.1. The van der Waals surface area contributed by atoms with Crippen LogP contribution in [0.5, 0.6) is 0 Å². The zero-order chi connectivity index (χ0) is 15.2. The number of carbonyl (C=O) groups is 1. The largest absolute Gasteiger partial charge is 0.326 e. The van der Waals surface area contributed by atoms with Crippen LogP contribution >= 0.6 is 0 Å². The topological polar surface area (TPSA) is 32.3 Å². The Labute approximate surface area is 128 Å². The summed E-state index contributed by atoms with van der Waals surface area (Å²) in [5, 5.41) is 3.06. The fourth-order valence-electron chi connectivity index (χ4n) is 3.25. The van der Waals surface area contributed by atoms with E-state index < -0.39 is 0 Å². The highest BCUT2D eigenvalue weighted by Gasteiger charge is 2.16. The third kappa shape index (κ3) is 5.50. The van der Waals surface area contributed by atoms with E-state index in [2.05, 4.69) is 43.4 Å². The highest BCUT2D eigenvalue weighted by Crippen LogP contribution is 2.28. The van der Waals surface area contributed by atoms with E-state index in [1.165, 1.54) is 36.8 Å². The minimum absolute atomic E-state index is 0.156. The molecule has 0 spiro atoms. The molecule has 0 bridgehead atoms. The molecule has 3 heteroatoms. The molecule has 1 N–H and O–H groups in total. The van der Waals surface area contributed by atoms with Crippen LogP contribution in [0.15, 0.2) is 18.2 Å². The Morgan fingerprint density at radius 3 is 2.62 bits per heavy atom. The number of nitrogens with one attached hydrogen (secondary N) is 1. The van der Waals surface area contributed by atoms with Gasteiger partial charge in [-0.25, -0.2) is 0 Å². The molecule has 2 rings (SSSR count). The van der Waals surface area contributed by atoms with E-state index >= 15 is 0 Å². The van der Waals surface area contributed by atoms with Crippen molar-refractivity contribution in [3.05, 3.63) is 29.3 Å². The number of hydrogen-bond acceptors (Lipinski definition) is 2. The Morgan fingerprint density at radius 2 is 1.95 bits per heavy atom. The molecule has 0 atom stereocenters. The normalized spacial score (nSPS) is 15.6. The predicted molar refractivity (Wildman–Crippen MR) is 88.4 cm³/mol. The minimum atomic E-state index is 0.156. The monoisotopic (exact) mass is 288 g/mol. The van der Waals surface area contributed by atoms with E-state index in [-0.39, 0.29) is 5.91 Å². The van der Waals surface area contributed by atoms with Gasteiger partial charge in [-0.05, 0) is 56.6 Å². The molecule has 21 heavy (non-hydrogen) atoms. The van der Waals surface area contributed by atoms with Crippen molar-refractivity contribution in [2.75, 3.05) is 19.4 Å². The number of rotatable bonds is 6. The smallest absolute Gasteiger partial charge is 0.224 e. The van der Waals surface area contributed by atoms with Crippen molar-refractivity contribution in [1.82, 2.24) is 4.90 Å². The van der Waals surface area contributed by atoms with E-state index in [0.717, 1.165) is 24.6 Å². The lowest BCUT2D eigenvalue weighted by Gasteiger charge is -2.13. The van der Waals surface area contributed by atoms with Gasteiger partial charge in [0.2, 0.25) is 5.91 Å². The molecule has 1 saturated carbocycles. The first-order valence-corrected chi connectivity index (χ1v) is 8.08. The Morgan fingerprint density at radius 1 is 1.24 bits per heavy atom. The molecule has 116 valence electrons. The fourth-order valence-corrected chi connectivity index (χ4v) is 3.25. The molecule has 3 nitrogen and oxygen atoms in total. The molecule has 1 aliphatic carbocycles. The number of aryl methyl sites for hydroxylation is 1. The van der Waals surface area contributed by atoms with Crippen LogP contribution < -0.4 is 5.32 Å². The van der Waals surface area contributed by atoms with Crippen molar-refractivity contribution in [3.63, 3.8) is 0 Å². The van der Waals surface area contributed by atoms with E-state index in [9.17, 15) is 4.79 Å². The van der Waals surface area contributed by atoms with Crippen LogP contribution in [0.1, 0.15) is 49.7 Å². The molecule has 1 fully saturated rings. The molecule has 0 aliphatic heterocycles. The van der Waals surface area contributed by atoms with Gasteiger partial charge >= 0.3 is 0 Å². The molecule has 0 aromatic heterocycles. The van der Waals surface area contributed by atoms with E-state index in [1.54, 1.807) is 0 Å². The van der Waals surface area contributed by atoms with Crippen molar-refractivity contribution in [1.29, 1.82) is 0 Å². The van der Waals surface area contributed by atoms with Crippen LogP contribution in [0.4, 0.5) is 5.69 Å². The van der Waals surface area contributed by atoms with Crippen LogP contribution in [0, 0.1) is 12.8 Å². The summed E-state index contributed by atoms with van der Waals surface area (Å²) >= 11 is 0. The van der Waals surface area contributed by atoms with Gasteiger partial charge in [0.25, 0.3) is 0 Å². The molecule has 1 aliphatic rings. The van der Waals surface area contributed by atoms with Crippen LogP contribution in [0.3, 0.4) is 0 Å². The molecular weight excluding hydrogens is 260 g/mol. The van der Waals surface area contributed by atoms with Gasteiger partial charge in [-0.3, -0.25) is 4.79 Å². The predicted octanol–water partition coefficient (Wildman–Crippen LogP) is 3.97. The van der Waals surface area contributed by atoms with Gasteiger partial charge in [0, 0.05) is 18.7 Å². The van der Waals surface area contributed by atoms with Crippen molar-refractivity contribution >= 4 is 11.6 Å². The van der Waals surface area contributed by atoms with E-state index in [4.69, 9.17) is 0 Å². The second-order valence-corrected chi connectivity index (χ2v) is 6.68. The summed E-state index contributed by atoms with van der Waals surface area (Å²) in [6.07, 6.45) is 7.01. The second kappa shape index (κ2) is 7.60. The van der Waals surface area contributed by atoms with Crippen LogP contribution in [-0.2, 0) is 11.3 Å². The Hall–Kier alpha value is -1.35. The summed E-state index contributed by atoms with van der Waals surface area (Å²) < 4.78 is 0. The number of hydrogen-bond donors (Lipinski definition) is 1. The molecule has 1 aromatic rings. The SMILES string of the molecule is Cc1cc(CN(C)C)cc(NC(=O)CCC2CCCC2)c1. The average Bonchev–Trinajstić information content (AvgIpc) is 2.87. The maximum absolute atomic E-state index is 12.1. The number of amides is 1. The quantitative estimate of drug-likeness (QED) is 0.859. The van der Waals surface area contributed by atoms with Crippen LogP contribution in [-0.4, -0.2) is 24.9 Å². The Kier molecular flexibility index (Phi) is 5.80. The molecule has 0 unspecified atom stereocenters. The second-order valence-electron chi connectivity index (χ2n) is 6.68. The molecule has 1 amide bonds. The maximum atomic E-state index is 12.1. The first-order valence-electron chi connectivity index (χ1n) is 8.08. The zero-order valence-electron chi connectivity index (χ0n) is 13.6. The van der Waals surface area contributed by atoms with Gasteiger partial charge < -0.3 is 10.2 Å². The Balaban J connectivity index is 1.88. The van der Waals surface area contributed by atoms with Crippen molar-refractivity contribution in [3.8, 4) is 0 Å². The summed E-state index contributed by atoms with van der Waals surface area (Å²) in [7, 11) is 4.12. The maximum Gasteiger partial charge on any atom is 0.224 e. The van der Waals surface area contributed by atoms with Gasteiger partial charge in [-0.15, -0.1) is 0 Å². The lowest BCUT2D eigenvalue weighted by Crippen LogP contribution is -2.14. The van der Waals surface area contributed by atoms with Gasteiger partial charge in [0.1, 0.15) is 0 Å². The summed E-state index contributed by atoms with van der Waals surface area (Å²) in [6, 6.07) is 6.31. The summed E-state index contributed by atoms with van der Waals surface area (Å²) in [5.41, 5.74) is 3.37. The third-order valence-corrected chi connectivity index (χ3v) is 4.17. The van der Waals surface area contributed by atoms with Crippen LogP contribution in [0.2, 0.25) is 0 Å². The Bertz CT molecular complexity index is 476. The summed E-state index contributed by atoms with van der Waals surface area (Å²) in [5.74, 6) is 0.931. The van der Waals surface area contributed by atoms with Crippen molar-refractivity contribution in [2.45, 2.75) is 52.0 Å². The molecular formula is C18H28N2O. The molecule has 0 saturated heterocycles. The van der Waals surface area contributed by atoms with Crippen molar-refractivity contribution in [2.24, 2.45) is 5.92 Å². The van der Waals surface area contributed by atoms with E-state index in [1.807, 2.05) is 6.07 Å². The zero-order valence-corrected chi connectivity index (χ0v) is 13.6. The number of nitrogens with zero attached hydrogens (tertiary/aromatic N) is 1. The standard InChI is InChI=1S/C18H28N2O/c1-14-10-16(13-20(2)3)12-17(11-14)19-18(21)9-8-15-6-4-5-7-15/h10-12,15H,4-9,13H2,1-3H3,(H,19,21). The lowest BCUT2D eigenvalue weighted by atomic mass is 10.0. The number of benzene rings is 1.